The molecule has 0 radical (unpaired) electrons. The highest BCUT2D eigenvalue weighted by Gasteiger charge is 2.35. The highest BCUT2D eigenvalue weighted by molar-refractivity contribution is 7.10. The number of thiophene rings is 1. The number of alkyl halides is 3. The van der Waals surface area contributed by atoms with Crippen LogP contribution in [0.3, 0.4) is 0 Å². The largest absolute Gasteiger partial charge is 0.417 e. The summed E-state index contributed by atoms with van der Waals surface area (Å²) < 4.78 is 38.6. The SMILES string of the molecule is O=C(Cc1cccs1)c1ccc(Cl)cc1C(F)(F)F. The van der Waals surface area contributed by atoms with E-state index in [2.05, 4.69) is 0 Å². The maximum atomic E-state index is 12.9. The van der Waals surface area contributed by atoms with Gasteiger partial charge >= 0.3 is 6.18 Å². The lowest BCUT2D eigenvalue weighted by molar-refractivity contribution is -0.137. The fraction of sp³-hybridized carbons (Fsp3) is 0.154. The van der Waals surface area contributed by atoms with Gasteiger partial charge in [0.15, 0.2) is 5.78 Å². The third-order valence-corrected chi connectivity index (χ3v) is 3.61. The van der Waals surface area contributed by atoms with Gasteiger partial charge in [-0.2, -0.15) is 13.2 Å². The molecule has 2 rings (SSSR count). The van der Waals surface area contributed by atoms with Crippen LogP contribution in [0.5, 0.6) is 0 Å². The standard InChI is InChI=1S/C13H8ClF3OS/c14-8-3-4-10(11(6-8)13(15,16)17)12(18)7-9-2-1-5-19-9/h1-6H,7H2. The molecule has 0 aliphatic heterocycles. The Kier molecular flexibility index (Phi) is 3.96. The van der Waals surface area contributed by atoms with Crippen LogP contribution in [-0.2, 0) is 12.6 Å². The van der Waals surface area contributed by atoms with Crippen molar-refractivity contribution in [3.63, 3.8) is 0 Å². The van der Waals surface area contributed by atoms with E-state index >= 15 is 0 Å². The van der Waals surface area contributed by atoms with Crippen LogP contribution in [0.2, 0.25) is 5.02 Å². The van der Waals surface area contributed by atoms with Gasteiger partial charge in [0.25, 0.3) is 0 Å². The first kappa shape index (κ1) is 14.1. The van der Waals surface area contributed by atoms with Crippen LogP contribution >= 0.6 is 22.9 Å². The molecule has 0 unspecified atom stereocenters. The van der Waals surface area contributed by atoms with E-state index in [1.165, 1.54) is 17.4 Å². The fourth-order valence-electron chi connectivity index (χ4n) is 1.66. The molecule has 1 heterocycles. The van der Waals surface area contributed by atoms with Crippen molar-refractivity contribution in [2.24, 2.45) is 0 Å². The molecular formula is C13H8ClF3OS. The van der Waals surface area contributed by atoms with E-state index in [0.717, 1.165) is 17.0 Å². The van der Waals surface area contributed by atoms with Crippen molar-refractivity contribution >= 4 is 28.7 Å². The monoisotopic (exact) mass is 304 g/mol. The lowest BCUT2D eigenvalue weighted by Gasteiger charge is -2.12. The number of ketones is 1. The van der Waals surface area contributed by atoms with E-state index in [1.54, 1.807) is 17.5 Å². The van der Waals surface area contributed by atoms with Crippen molar-refractivity contribution in [2.75, 3.05) is 0 Å². The number of hydrogen-bond acceptors (Lipinski definition) is 2. The Balaban J connectivity index is 2.36. The maximum Gasteiger partial charge on any atom is 0.417 e. The summed E-state index contributed by atoms with van der Waals surface area (Å²) >= 11 is 6.90. The van der Waals surface area contributed by atoms with Crippen molar-refractivity contribution in [3.8, 4) is 0 Å². The summed E-state index contributed by atoms with van der Waals surface area (Å²) in [5.74, 6) is -0.563. The van der Waals surface area contributed by atoms with E-state index in [0.29, 0.717) is 0 Å². The van der Waals surface area contributed by atoms with E-state index in [9.17, 15) is 18.0 Å². The highest BCUT2D eigenvalue weighted by atomic mass is 35.5. The van der Waals surface area contributed by atoms with Crippen LogP contribution in [-0.4, -0.2) is 5.78 Å². The van der Waals surface area contributed by atoms with Gasteiger partial charge in [0.1, 0.15) is 0 Å². The molecule has 0 fully saturated rings. The number of Topliss-reactive ketones (excluding diaryl/α,β-unsaturated/α-hetero) is 1. The minimum Gasteiger partial charge on any atom is -0.294 e. The van der Waals surface area contributed by atoms with Crippen molar-refractivity contribution in [1.82, 2.24) is 0 Å². The molecule has 100 valence electrons. The molecule has 1 aromatic heterocycles. The first-order valence-corrected chi connectivity index (χ1v) is 6.56. The third kappa shape index (κ3) is 3.36. The van der Waals surface area contributed by atoms with Gasteiger partial charge in [0, 0.05) is 21.9 Å². The van der Waals surface area contributed by atoms with E-state index < -0.39 is 17.5 Å². The van der Waals surface area contributed by atoms with Gasteiger partial charge in [-0.1, -0.05) is 17.7 Å². The smallest absolute Gasteiger partial charge is 0.294 e. The summed E-state index contributed by atoms with van der Waals surface area (Å²) in [6.07, 6.45) is -4.63. The Morgan fingerprint density at radius 2 is 2.00 bits per heavy atom. The Hall–Kier alpha value is -1.33. The first-order valence-electron chi connectivity index (χ1n) is 5.30. The maximum absolute atomic E-state index is 12.9. The second kappa shape index (κ2) is 5.35. The number of rotatable bonds is 3. The number of carbonyl (C=O) groups excluding carboxylic acids is 1. The summed E-state index contributed by atoms with van der Waals surface area (Å²) in [4.78, 5) is 12.7. The van der Waals surface area contributed by atoms with Gasteiger partial charge in [0.2, 0.25) is 0 Å². The molecule has 0 saturated heterocycles. The van der Waals surface area contributed by atoms with Gasteiger partial charge in [-0.05, 0) is 29.6 Å². The molecule has 0 N–H and O–H groups in total. The van der Waals surface area contributed by atoms with Crippen molar-refractivity contribution in [3.05, 3.63) is 56.7 Å². The van der Waals surface area contributed by atoms with E-state index in [-0.39, 0.29) is 17.0 Å². The van der Waals surface area contributed by atoms with Gasteiger partial charge in [-0.15, -0.1) is 11.3 Å². The van der Waals surface area contributed by atoms with E-state index in [1.807, 2.05) is 0 Å². The summed E-state index contributed by atoms with van der Waals surface area (Å²) in [6, 6.07) is 6.66. The normalized spacial score (nSPS) is 11.6. The molecule has 0 amide bonds. The lowest BCUT2D eigenvalue weighted by Crippen LogP contribution is -2.14. The average molecular weight is 305 g/mol. The average Bonchev–Trinajstić information content (AvgIpc) is 2.80. The number of hydrogen-bond donors (Lipinski definition) is 0. The van der Waals surface area contributed by atoms with E-state index in [4.69, 9.17) is 11.6 Å². The molecular weight excluding hydrogens is 297 g/mol. The van der Waals surface area contributed by atoms with Crippen LogP contribution < -0.4 is 0 Å². The van der Waals surface area contributed by atoms with Crippen LogP contribution in [0.25, 0.3) is 0 Å². The molecule has 0 aliphatic carbocycles. The molecule has 19 heavy (non-hydrogen) atoms. The van der Waals surface area contributed by atoms with Crippen molar-refractivity contribution in [1.29, 1.82) is 0 Å². The van der Waals surface area contributed by atoms with Crippen LogP contribution in [0, 0.1) is 0 Å². The number of benzene rings is 1. The molecule has 0 atom stereocenters. The predicted molar refractivity (Wildman–Crippen MR) is 68.8 cm³/mol. The molecule has 1 nitrogen and oxygen atoms in total. The highest BCUT2D eigenvalue weighted by Crippen LogP contribution is 2.34. The van der Waals surface area contributed by atoms with Gasteiger partial charge in [-0.3, -0.25) is 4.79 Å². The lowest BCUT2D eigenvalue weighted by atomic mass is 10.0. The second-order valence-corrected chi connectivity index (χ2v) is 5.34. The zero-order valence-electron chi connectivity index (χ0n) is 9.50. The molecule has 2 aromatic rings. The zero-order chi connectivity index (χ0) is 14.0. The Bertz CT molecular complexity index is 590. The molecule has 1 aromatic carbocycles. The van der Waals surface area contributed by atoms with Crippen molar-refractivity contribution < 1.29 is 18.0 Å². The number of halogens is 4. The van der Waals surface area contributed by atoms with Gasteiger partial charge < -0.3 is 0 Å². The quantitative estimate of drug-likeness (QED) is 0.741. The van der Waals surface area contributed by atoms with Gasteiger partial charge in [0.05, 0.1) is 5.56 Å². The summed E-state index contributed by atoms with van der Waals surface area (Å²) in [7, 11) is 0. The van der Waals surface area contributed by atoms with Crippen LogP contribution in [0.1, 0.15) is 20.8 Å². The minimum absolute atomic E-state index is 0.0393. The van der Waals surface area contributed by atoms with Crippen LogP contribution in [0.15, 0.2) is 35.7 Å². The number of carbonyl (C=O) groups is 1. The molecule has 0 bridgehead atoms. The zero-order valence-corrected chi connectivity index (χ0v) is 11.1. The molecule has 0 spiro atoms. The Labute approximate surface area is 116 Å². The van der Waals surface area contributed by atoms with Crippen LogP contribution in [0.4, 0.5) is 13.2 Å². The summed E-state index contributed by atoms with van der Waals surface area (Å²) in [5.41, 5.74) is -1.33. The fourth-order valence-corrected chi connectivity index (χ4v) is 2.54. The minimum atomic E-state index is -4.59. The summed E-state index contributed by atoms with van der Waals surface area (Å²) in [5, 5.41) is 1.73. The Morgan fingerprint density at radius 3 is 2.58 bits per heavy atom. The van der Waals surface area contributed by atoms with Crippen molar-refractivity contribution in [2.45, 2.75) is 12.6 Å². The third-order valence-electron chi connectivity index (χ3n) is 2.50. The van der Waals surface area contributed by atoms with Gasteiger partial charge in [-0.25, -0.2) is 0 Å². The molecule has 0 aliphatic rings. The topological polar surface area (TPSA) is 17.1 Å². The first-order chi connectivity index (χ1) is 8.88. The Morgan fingerprint density at radius 1 is 1.26 bits per heavy atom. The summed E-state index contributed by atoms with van der Waals surface area (Å²) in [6.45, 7) is 0. The second-order valence-electron chi connectivity index (χ2n) is 3.87. The predicted octanol–water partition coefficient (Wildman–Crippen LogP) is 4.85. The molecule has 0 saturated carbocycles. The molecule has 6 heteroatoms.